The van der Waals surface area contributed by atoms with E-state index in [1.54, 1.807) is 0 Å². The van der Waals surface area contributed by atoms with Gasteiger partial charge in [0.2, 0.25) is 0 Å². The molecule has 2 unspecified atom stereocenters. The molecule has 1 rings (SSSR count). The molecular weight excluding hydrogens is 186 g/mol. The molecule has 88 valence electrons. The lowest BCUT2D eigenvalue weighted by Gasteiger charge is -2.15. The molecule has 0 saturated carbocycles. The van der Waals surface area contributed by atoms with Crippen LogP contribution in [0.3, 0.4) is 0 Å². The molecule has 2 nitrogen and oxygen atoms in total. The molecule has 0 spiro atoms. The maximum atomic E-state index is 5.82. The number of likely N-dealkylation sites (N-methyl/N-ethyl adjacent to an activating group) is 1. The molecule has 0 bridgehead atoms. The molecule has 1 aliphatic rings. The summed E-state index contributed by atoms with van der Waals surface area (Å²) in [5.41, 5.74) is 1.48. The quantitative estimate of drug-likeness (QED) is 0.706. The first-order chi connectivity index (χ1) is 7.13. The second-order valence-electron chi connectivity index (χ2n) is 4.74. The first kappa shape index (κ1) is 12.7. The highest BCUT2D eigenvalue weighted by molar-refractivity contribution is 5.10. The molecule has 1 aliphatic heterocycles. The van der Waals surface area contributed by atoms with Gasteiger partial charge in [0.05, 0.1) is 12.2 Å². The van der Waals surface area contributed by atoms with Crippen LogP contribution in [0.25, 0.3) is 0 Å². The van der Waals surface area contributed by atoms with Crippen molar-refractivity contribution >= 4 is 0 Å². The molecule has 1 heterocycles. The smallest absolute Gasteiger partial charge is 0.0763 e. The molecule has 0 aliphatic carbocycles. The van der Waals surface area contributed by atoms with Crippen molar-refractivity contribution in [1.29, 1.82) is 0 Å². The molecule has 2 atom stereocenters. The zero-order valence-corrected chi connectivity index (χ0v) is 10.5. The Balaban J connectivity index is 2.50. The third kappa shape index (κ3) is 4.35. The van der Waals surface area contributed by atoms with Crippen LogP contribution < -0.4 is 5.32 Å². The summed E-state index contributed by atoms with van der Waals surface area (Å²) in [7, 11) is 0. The topological polar surface area (TPSA) is 21.3 Å². The molecule has 0 aromatic rings. The van der Waals surface area contributed by atoms with E-state index in [4.69, 9.17) is 4.74 Å². The Morgan fingerprint density at radius 3 is 2.67 bits per heavy atom. The zero-order valence-electron chi connectivity index (χ0n) is 10.5. The van der Waals surface area contributed by atoms with Crippen LogP contribution in [0, 0.1) is 5.92 Å². The van der Waals surface area contributed by atoms with Crippen LogP contribution in [0.2, 0.25) is 0 Å². The van der Waals surface area contributed by atoms with Gasteiger partial charge in [0.15, 0.2) is 0 Å². The lowest BCUT2D eigenvalue weighted by Crippen LogP contribution is -2.20. The van der Waals surface area contributed by atoms with Gasteiger partial charge >= 0.3 is 0 Å². The van der Waals surface area contributed by atoms with E-state index >= 15 is 0 Å². The molecule has 2 heteroatoms. The maximum Gasteiger partial charge on any atom is 0.0763 e. The fraction of sp³-hybridized carbons (Fsp3) is 0.846. The number of rotatable bonds is 5. The fourth-order valence-corrected chi connectivity index (χ4v) is 1.92. The third-order valence-corrected chi connectivity index (χ3v) is 2.99. The van der Waals surface area contributed by atoms with E-state index in [1.807, 2.05) is 0 Å². The van der Waals surface area contributed by atoms with Gasteiger partial charge in [0, 0.05) is 6.54 Å². The van der Waals surface area contributed by atoms with Crippen molar-refractivity contribution < 1.29 is 4.74 Å². The predicted molar refractivity (Wildman–Crippen MR) is 65.0 cm³/mol. The number of nitrogens with one attached hydrogen (secondary N) is 1. The minimum atomic E-state index is 0.357. The second-order valence-corrected chi connectivity index (χ2v) is 4.74. The first-order valence-corrected chi connectivity index (χ1v) is 6.20. The van der Waals surface area contributed by atoms with Crippen LogP contribution in [-0.4, -0.2) is 25.3 Å². The molecule has 15 heavy (non-hydrogen) atoms. The average molecular weight is 211 g/mol. The Morgan fingerprint density at radius 1 is 1.47 bits per heavy atom. The largest absolute Gasteiger partial charge is 0.371 e. The Hall–Kier alpha value is -0.340. The normalized spacial score (nSPS) is 27.7. The first-order valence-electron chi connectivity index (χ1n) is 6.20. The third-order valence-electron chi connectivity index (χ3n) is 2.99. The van der Waals surface area contributed by atoms with Crippen LogP contribution in [-0.2, 0) is 4.74 Å². The van der Waals surface area contributed by atoms with Crippen LogP contribution in [0.4, 0.5) is 0 Å². The van der Waals surface area contributed by atoms with Crippen LogP contribution in [0.1, 0.15) is 40.5 Å². The Labute approximate surface area is 94.1 Å². The summed E-state index contributed by atoms with van der Waals surface area (Å²) in [6.07, 6.45) is 5.52. The summed E-state index contributed by atoms with van der Waals surface area (Å²) in [4.78, 5) is 0. The lowest BCUT2D eigenvalue weighted by atomic mass is 10.0. The summed E-state index contributed by atoms with van der Waals surface area (Å²) in [6.45, 7) is 10.8. The summed E-state index contributed by atoms with van der Waals surface area (Å²) in [5, 5.41) is 3.39. The van der Waals surface area contributed by atoms with E-state index in [0.29, 0.717) is 18.1 Å². The minimum Gasteiger partial charge on any atom is -0.371 e. The summed E-state index contributed by atoms with van der Waals surface area (Å²) >= 11 is 0. The Kier molecular flexibility index (Phi) is 5.34. The Bertz CT molecular complexity index is 211. The van der Waals surface area contributed by atoms with Crippen molar-refractivity contribution in [2.45, 2.75) is 52.7 Å². The highest BCUT2D eigenvalue weighted by Gasteiger charge is 2.20. The van der Waals surface area contributed by atoms with E-state index in [2.05, 4.69) is 39.1 Å². The fourth-order valence-electron chi connectivity index (χ4n) is 1.92. The average Bonchev–Trinajstić information content (AvgIpc) is 2.58. The van der Waals surface area contributed by atoms with E-state index in [1.165, 1.54) is 18.4 Å². The van der Waals surface area contributed by atoms with Crippen molar-refractivity contribution in [3.8, 4) is 0 Å². The van der Waals surface area contributed by atoms with Crippen LogP contribution in [0.15, 0.2) is 11.6 Å². The molecule has 1 saturated heterocycles. The van der Waals surface area contributed by atoms with Crippen LogP contribution in [0.5, 0.6) is 0 Å². The van der Waals surface area contributed by atoms with Gasteiger partial charge in [-0.3, -0.25) is 0 Å². The maximum absolute atomic E-state index is 5.82. The highest BCUT2D eigenvalue weighted by Crippen LogP contribution is 2.22. The summed E-state index contributed by atoms with van der Waals surface area (Å²) < 4.78 is 5.82. The van der Waals surface area contributed by atoms with Gasteiger partial charge in [0.1, 0.15) is 0 Å². The standard InChI is InChI=1S/C13H25NO/c1-5-14-9-12(10(2)3)8-13-7-6-11(4)15-13/h8,10-11,13-14H,5-7,9H2,1-4H3. The van der Waals surface area contributed by atoms with Crippen molar-refractivity contribution in [3.63, 3.8) is 0 Å². The molecule has 1 fully saturated rings. The second kappa shape index (κ2) is 6.29. The van der Waals surface area contributed by atoms with Gasteiger partial charge in [-0.2, -0.15) is 0 Å². The highest BCUT2D eigenvalue weighted by atomic mass is 16.5. The summed E-state index contributed by atoms with van der Waals surface area (Å²) in [6, 6.07) is 0. The van der Waals surface area contributed by atoms with Gasteiger partial charge in [-0.05, 0) is 32.2 Å². The van der Waals surface area contributed by atoms with E-state index in [0.717, 1.165) is 13.1 Å². The van der Waals surface area contributed by atoms with Crippen molar-refractivity contribution in [1.82, 2.24) is 5.32 Å². The van der Waals surface area contributed by atoms with E-state index < -0.39 is 0 Å². The lowest BCUT2D eigenvalue weighted by molar-refractivity contribution is 0.0825. The van der Waals surface area contributed by atoms with Crippen molar-refractivity contribution in [2.75, 3.05) is 13.1 Å². The molecular formula is C13H25NO. The number of ether oxygens (including phenoxy) is 1. The summed E-state index contributed by atoms with van der Waals surface area (Å²) in [5.74, 6) is 0.614. The Morgan fingerprint density at radius 2 is 2.20 bits per heavy atom. The number of hydrogen-bond acceptors (Lipinski definition) is 2. The van der Waals surface area contributed by atoms with Gasteiger partial charge in [0.25, 0.3) is 0 Å². The zero-order chi connectivity index (χ0) is 11.3. The number of hydrogen-bond donors (Lipinski definition) is 1. The molecule has 1 N–H and O–H groups in total. The molecule has 0 aromatic heterocycles. The van der Waals surface area contributed by atoms with Crippen molar-refractivity contribution in [2.24, 2.45) is 5.92 Å². The van der Waals surface area contributed by atoms with Crippen LogP contribution >= 0.6 is 0 Å². The monoisotopic (exact) mass is 211 g/mol. The van der Waals surface area contributed by atoms with Gasteiger partial charge < -0.3 is 10.1 Å². The predicted octanol–water partition coefficient (Wildman–Crippen LogP) is 2.75. The molecule has 0 aromatic carbocycles. The SMILES string of the molecule is CCNCC(=CC1CCC(C)O1)C(C)C. The van der Waals surface area contributed by atoms with Gasteiger partial charge in [-0.15, -0.1) is 0 Å². The van der Waals surface area contributed by atoms with E-state index in [-0.39, 0.29) is 0 Å². The van der Waals surface area contributed by atoms with Gasteiger partial charge in [-0.25, -0.2) is 0 Å². The minimum absolute atomic E-state index is 0.357. The van der Waals surface area contributed by atoms with Gasteiger partial charge in [-0.1, -0.05) is 32.4 Å². The molecule has 0 radical (unpaired) electrons. The molecule has 0 amide bonds. The van der Waals surface area contributed by atoms with E-state index in [9.17, 15) is 0 Å². The van der Waals surface area contributed by atoms with Crippen molar-refractivity contribution in [3.05, 3.63) is 11.6 Å².